The lowest BCUT2D eigenvalue weighted by Crippen LogP contribution is -2.29. The SMILES string of the molecule is CN(CCCOc1ccccc1C#N)CC1CCN(C)C1. The minimum atomic E-state index is 0.611. The van der Waals surface area contributed by atoms with E-state index in [1.807, 2.05) is 18.2 Å². The van der Waals surface area contributed by atoms with Gasteiger partial charge < -0.3 is 14.5 Å². The van der Waals surface area contributed by atoms with Gasteiger partial charge in [-0.15, -0.1) is 0 Å². The number of hydrogen-bond donors (Lipinski definition) is 0. The van der Waals surface area contributed by atoms with E-state index in [4.69, 9.17) is 10.00 Å². The van der Waals surface area contributed by atoms with E-state index in [1.54, 1.807) is 6.07 Å². The Morgan fingerprint density at radius 2 is 2.24 bits per heavy atom. The summed E-state index contributed by atoms with van der Waals surface area (Å²) >= 11 is 0. The molecule has 114 valence electrons. The van der Waals surface area contributed by atoms with Crippen molar-refractivity contribution in [1.29, 1.82) is 5.26 Å². The highest BCUT2D eigenvalue weighted by Crippen LogP contribution is 2.17. The van der Waals surface area contributed by atoms with Gasteiger partial charge in [-0.1, -0.05) is 12.1 Å². The number of benzene rings is 1. The van der Waals surface area contributed by atoms with Crippen molar-refractivity contribution >= 4 is 0 Å². The predicted octanol–water partition coefficient (Wildman–Crippen LogP) is 2.21. The molecule has 21 heavy (non-hydrogen) atoms. The van der Waals surface area contributed by atoms with Gasteiger partial charge in [-0.3, -0.25) is 0 Å². The highest BCUT2D eigenvalue weighted by atomic mass is 16.5. The molecule has 1 atom stereocenters. The molecule has 1 aromatic rings. The van der Waals surface area contributed by atoms with Crippen LogP contribution in [-0.2, 0) is 0 Å². The molecule has 0 amide bonds. The third-order valence-corrected chi connectivity index (χ3v) is 4.01. The van der Waals surface area contributed by atoms with Crippen LogP contribution >= 0.6 is 0 Å². The highest BCUT2D eigenvalue weighted by molar-refractivity contribution is 5.42. The summed E-state index contributed by atoms with van der Waals surface area (Å²) < 4.78 is 5.71. The van der Waals surface area contributed by atoms with Crippen LogP contribution < -0.4 is 4.74 Å². The van der Waals surface area contributed by atoms with Crippen molar-refractivity contribution in [2.45, 2.75) is 12.8 Å². The maximum atomic E-state index is 9.00. The maximum Gasteiger partial charge on any atom is 0.137 e. The van der Waals surface area contributed by atoms with Gasteiger partial charge in [-0.2, -0.15) is 5.26 Å². The van der Waals surface area contributed by atoms with Crippen LogP contribution in [0.15, 0.2) is 24.3 Å². The normalized spacial score (nSPS) is 18.9. The van der Waals surface area contributed by atoms with Crippen LogP contribution in [0.25, 0.3) is 0 Å². The fraction of sp³-hybridized carbons (Fsp3) is 0.588. The predicted molar refractivity (Wildman–Crippen MR) is 84.4 cm³/mol. The van der Waals surface area contributed by atoms with Gasteiger partial charge in [0.05, 0.1) is 12.2 Å². The molecule has 2 rings (SSSR count). The molecular weight excluding hydrogens is 262 g/mol. The second kappa shape index (κ2) is 8.02. The van der Waals surface area contributed by atoms with Gasteiger partial charge in [0.15, 0.2) is 0 Å². The van der Waals surface area contributed by atoms with Crippen LogP contribution in [0.2, 0.25) is 0 Å². The van der Waals surface area contributed by atoms with Crippen LogP contribution in [0.3, 0.4) is 0 Å². The van der Waals surface area contributed by atoms with Gasteiger partial charge in [-0.25, -0.2) is 0 Å². The van der Waals surface area contributed by atoms with E-state index in [0.717, 1.165) is 18.9 Å². The molecule has 0 aliphatic carbocycles. The van der Waals surface area contributed by atoms with Crippen molar-refractivity contribution in [1.82, 2.24) is 9.80 Å². The van der Waals surface area contributed by atoms with Gasteiger partial charge in [-0.05, 0) is 51.5 Å². The number of para-hydroxylation sites is 1. The summed E-state index contributed by atoms with van der Waals surface area (Å²) in [4.78, 5) is 4.80. The van der Waals surface area contributed by atoms with Crippen molar-refractivity contribution in [3.63, 3.8) is 0 Å². The number of ether oxygens (including phenoxy) is 1. The molecule has 0 aromatic heterocycles. The topological polar surface area (TPSA) is 39.5 Å². The van der Waals surface area contributed by atoms with Crippen LogP contribution in [0.1, 0.15) is 18.4 Å². The molecule has 1 saturated heterocycles. The number of nitrogens with zero attached hydrogens (tertiary/aromatic N) is 3. The zero-order valence-corrected chi connectivity index (χ0v) is 13.1. The fourth-order valence-electron chi connectivity index (χ4n) is 2.91. The van der Waals surface area contributed by atoms with Crippen molar-refractivity contribution in [3.8, 4) is 11.8 Å². The lowest BCUT2D eigenvalue weighted by molar-refractivity contribution is 0.238. The summed E-state index contributed by atoms with van der Waals surface area (Å²) in [5.74, 6) is 1.50. The quantitative estimate of drug-likeness (QED) is 0.721. The van der Waals surface area contributed by atoms with Gasteiger partial charge >= 0.3 is 0 Å². The van der Waals surface area contributed by atoms with E-state index in [1.165, 1.54) is 26.1 Å². The van der Waals surface area contributed by atoms with E-state index >= 15 is 0 Å². The number of nitriles is 1. The van der Waals surface area contributed by atoms with Crippen molar-refractivity contribution in [2.24, 2.45) is 5.92 Å². The van der Waals surface area contributed by atoms with E-state index in [0.29, 0.717) is 17.9 Å². The van der Waals surface area contributed by atoms with Gasteiger partial charge in [0.2, 0.25) is 0 Å². The molecule has 1 fully saturated rings. The summed E-state index contributed by atoms with van der Waals surface area (Å²) in [5, 5.41) is 9.00. The summed E-state index contributed by atoms with van der Waals surface area (Å²) in [5.41, 5.74) is 0.611. The van der Waals surface area contributed by atoms with Crippen LogP contribution in [0.5, 0.6) is 5.75 Å². The number of hydrogen-bond acceptors (Lipinski definition) is 4. The lowest BCUT2D eigenvalue weighted by Gasteiger charge is -2.20. The molecule has 0 N–H and O–H groups in total. The summed E-state index contributed by atoms with van der Waals surface area (Å²) in [6.45, 7) is 5.31. The Morgan fingerprint density at radius 1 is 1.43 bits per heavy atom. The second-order valence-electron chi connectivity index (χ2n) is 5.99. The third kappa shape index (κ3) is 5.04. The van der Waals surface area contributed by atoms with E-state index in [9.17, 15) is 0 Å². The molecule has 1 aliphatic rings. The Labute approximate surface area is 127 Å². The average Bonchev–Trinajstić information content (AvgIpc) is 2.89. The van der Waals surface area contributed by atoms with E-state index in [2.05, 4.69) is 30.0 Å². The molecule has 0 saturated carbocycles. The summed E-state index contributed by atoms with van der Waals surface area (Å²) in [6, 6.07) is 9.57. The van der Waals surface area contributed by atoms with Crippen LogP contribution in [0.4, 0.5) is 0 Å². The standard InChI is InChI=1S/C17H25N3O/c1-19(13-15-8-10-20(2)14-15)9-5-11-21-17-7-4-3-6-16(17)12-18/h3-4,6-7,15H,5,8-11,13-14H2,1-2H3. The number of rotatable bonds is 7. The molecule has 4 heteroatoms. The lowest BCUT2D eigenvalue weighted by atomic mass is 10.1. The number of likely N-dealkylation sites (tertiary alicyclic amines) is 1. The fourth-order valence-corrected chi connectivity index (χ4v) is 2.91. The summed E-state index contributed by atoms with van der Waals surface area (Å²) in [7, 11) is 4.38. The minimum absolute atomic E-state index is 0.611. The highest BCUT2D eigenvalue weighted by Gasteiger charge is 2.20. The Morgan fingerprint density at radius 3 is 2.95 bits per heavy atom. The second-order valence-corrected chi connectivity index (χ2v) is 5.99. The largest absolute Gasteiger partial charge is 0.492 e. The van der Waals surface area contributed by atoms with E-state index in [-0.39, 0.29) is 0 Å². The Hall–Kier alpha value is -1.57. The van der Waals surface area contributed by atoms with Crippen molar-refractivity contribution in [3.05, 3.63) is 29.8 Å². The zero-order valence-electron chi connectivity index (χ0n) is 13.1. The van der Waals surface area contributed by atoms with Crippen molar-refractivity contribution < 1.29 is 4.74 Å². The van der Waals surface area contributed by atoms with E-state index < -0.39 is 0 Å². The zero-order chi connectivity index (χ0) is 15.1. The molecule has 1 aliphatic heterocycles. The Bertz CT molecular complexity index is 483. The Kier molecular flexibility index (Phi) is 6.04. The third-order valence-electron chi connectivity index (χ3n) is 4.01. The first-order chi connectivity index (χ1) is 10.2. The molecule has 0 spiro atoms. The first-order valence-corrected chi connectivity index (χ1v) is 7.68. The summed E-state index contributed by atoms with van der Waals surface area (Å²) in [6.07, 6.45) is 2.30. The van der Waals surface area contributed by atoms with Crippen LogP contribution in [-0.4, -0.2) is 56.7 Å². The molecule has 0 radical (unpaired) electrons. The van der Waals surface area contributed by atoms with Gasteiger partial charge in [0.25, 0.3) is 0 Å². The monoisotopic (exact) mass is 287 g/mol. The molecule has 0 bridgehead atoms. The molecule has 1 unspecified atom stereocenters. The van der Waals surface area contributed by atoms with Crippen LogP contribution in [0, 0.1) is 17.2 Å². The first-order valence-electron chi connectivity index (χ1n) is 7.68. The minimum Gasteiger partial charge on any atom is -0.492 e. The maximum absolute atomic E-state index is 9.00. The molecule has 1 heterocycles. The Balaban J connectivity index is 1.64. The average molecular weight is 287 g/mol. The molecule has 1 aromatic carbocycles. The smallest absolute Gasteiger partial charge is 0.137 e. The first kappa shape index (κ1) is 15.8. The molecule has 4 nitrogen and oxygen atoms in total. The van der Waals surface area contributed by atoms with Gasteiger partial charge in [0.1, 0.15) is 11.8 Å². The molecular formula is C17H25N3O. The van der Waals surface area contributed by atoms with Gasteiger partial charge in [0, 0.05) is 19.6 Å². The van der Waals surface area contributed by atoms with Crippen molar-refractivity contribution in [2.75, 3.05) is 46.9 Å².